The third-order valence-electron chi connectivity index (χ3n) is 5.97. The number of aliphatic hydroxyl groups excluding tert-OH is 1. The first-order valence-corrected chi connectivity index (χ1v) is 7.82. The maximum Gasteiger partial charge on any atom is 0.317 e. The minimum absolute atomic E-state index is 0.0368. The highest BCUT2D eigenvalue weighted by Crippen LogP contribution is 2.60. The average molecular weight is 264 g/mol. The molecule has 5 fully saturated rings. The van der Waals surface area contributed by atoms with Gasteiger partial charge in [-0.2, -0.15) is 0 Å². The quantitative estimate of drug-likeness (QED) is 0.813. The normalized spacial score (nSPS) is 47.8. The van der Waals surface area contributed by atoms with Gasteiger partial charge in [-0.25, -0.2) is 4.79 Å². The fourth-order valence-corrected chi connectivity index (χ4v) is 5.79. The number of hydrogen-bond acceptors (Lipinski definition) is 2. The molecule has 5 rings (SSSR count). The van der Waals surface area contributed by atoms with Gasteiger partial charge in [-0.15, -0.1) is 0 Å². The van der Waals surface area contributed by atoms with E-state index in [0.717, 1.165) is 24.3 Å². The van der Waals surface area contributed by atoms with Gasteiger partial charge in [0.15, 0.2) is 0 Å². The molecular weight excluding hydrogens is 240 g/mol. The Bertz CT molecular complexity index is 360. The molecule has 106 valence electrons. The monoisotopic (exact) mass is 264 g/mol. The molecule has 2 amide bonds. The van der Waals surface area contributed by atoms with Gasteiger partial charge in [-0.1, -0.05) is 0 Å². The van der Waals surface area contributed by atoms with Crippen molar-refractivity contribution in [3.63, 3.8) is 0 Å². The summed E-state index contributed by atoms with van der Waals surface area (Å²) < 4.78 is 0. The van der Waals surface area contributed by atoms with E-state index in [2.05, 4.69) is 5.32 Å². The third-order valence-corrected chi connectivity index (χ3v) is 5.97. The van der Waals surface area contributed by atoms with E-state index in [0.29, 0.717) is 12.0 Å². The Morgan fingerprint density at radius 1 is 1.16 bits per heavy atom. The predicted octanol–water partition coefficient (Wildman–Crippen LogP) is 1.59. The molecule has 0 aromatic carbocycles. The van der Waals surface area contributed by atoms with Crippen LogP contribution in [0.4, 0.5) is 4.79 Å². The summed E-state index contributed by atoms with van der Waals surface area (Å²) in [6, 6.07) is -0.0174. The van der Waals surface area contributed by atoms with Crippen LogP contribution in [0.15, 0.2) is 0 Å². The van der Waals surface area contributed by atoms with Crippen LogP contribution in [0, 0.1) is 23.2 Å². The maximum absolute atomic E-state index is 12.0. The van der Waals surface area contributed by atoms with Crippen molar-refractivity contribution >= 4 is 6.03 Å². The van der Waals surface area contributed by atoms with E-state index >= 15 is 0 Å². The Hall–Kier alpha value is -0.770. The van der Waals surface area contributed by atoms with Gasteiger partial charge < -0.3 is 15.3 Å². The van der Waals surface area contributed by atoms with Crippen molar-refractivity contribution in [3.8, 4) is 0 Å². The van der Waals surface area contributed by atoms with Crippen LogP contribution in [0.5, 0.6) is 0 Å². The lowest BCUT2D eigenvalue weighted by Gasteiger charge is -2.57. The molecule has 1 aliphatic heterocycles. The van der Waals surface area contributed by atoms with Crippen LogP contribution in [0.25, 0.3) is 0 Å². The number of amides is 2. The molecule has 0 spiro atoms. The van der Waals surface area contributed by atoms with E-state index in [1.54, 1.807) is 0 Å². The topological polar surface area (TPSA) is 52.6 Å². The van der Waals surface area contributed by atoms with Gasteiger partial charge >= 0.3 is 6.03 Å². The van der Waals surface area contributed by atoms with Crippen molar-refractivity contribution in [2.24, 2.45) is 23.2 Å². The van der Waals surface area contributed by atoms with Crippen molar-refractivity contribution in [3.05, 3.63) is 0 Å². The van der Waals surface area contributed by atoms with Crippen molar-refractivity contribution in [2.45, 2.75) is 44.6 Å². The second-order valence-corrected chi connectivity index (χ2v) is 7.63. The first-order chi connectivity index (χ1) is 9.16. The summed E-state index contributed by atoms with van der Waals surface area (Å²) >= 11 is 0. The third kappa shape index (κ3) is 1.95. The molecule has 4 aliphatic carbocycles. The largest absolute Gasteiger partial charge is 0.394 e. The van der Waals surface area contributed by atoms with Crippen molar-refractivity contribution in [1.29, 1.82) is 0 Å². The molecule has 4 saturated carbocycles. The number of hydrogen-bond donors (Lipinski definition) is 2. The number of urea groups is 1. The van der Waals surface area contributed by atoms with E-state index in [-0.39, 0.29) is 18.7 Å². The van der Waals surface area contributed by atoms with Gasteiger partial charge in [0.05, 0.1) is 12.6 Å². The molecule has 1 heterocycles. The fraction of sp³-hybridized carbons (Fsp3) is 0.933. The smallest absolute Gasteiger partial charge is 0.317 e. The second kappa shape index (κ2) is 4.11. The molecule has 4 nitrogen and oxygen atoms in total. The summed E-state index contributed by atoms with van der Waals surface area (Å²) in [7, 11) is 0. The zero-order valence-electron chi connectivity index (χ0n) is 11.5. The molecule has 5 aliphatic rings. The molecule has 4 bridgehead atoms. The Balaban J connectivity index is 1.49. The lowest BCUT2D eigenvalue weighted by molar-refractivity contribution is -0.0625. The highest BCUT2D eigenvalue weighted by atomic mass is 16.3. The number of nitrogens with zero attached hydrogens (tertiary/aromatic N) is 1. The minimum atomic E-state index is -0.0542. The zero-order chi connectivity index (χ0) is 13.0. The molecule has 1 atom stereocenters. The van der Waals surface area contributed by atoms with Gasteiger partial charge in [0.1, 0.15) is 0 Å². The van der Waals surface area contributed by atoms with Crippen molar-refractivity contribution in [1.82, 2.24) is 10.2 Å². The number of nitrogens with one attached hydrogen (secondary N) is 1. The number of carbonyl (C=O) groups excluding carboxylic acids is 1. The van der Waals surface area contributed by atoms with E-state index < -0.39 is 0 Å². The van der Waals surface area contributed by atoms with Crippen molar-refractivity contribution < 1.29 is 9.90 Å². The summed E-state index contributed by atoms with van der Waals surface area (Å²) in [5.74, 6) is 2.81. The summed E-state index contributed by atoms with van der Waals surface area (Å²) in [6.45, 7) is 1.68. The van der Waals surface area contributed by atoms with Crippen molar-refractivity contribution in [2.75, 3.05) is 19.7 Å². The molecule has 4 heteroatoms. The molecule has 0 radical (unpaired) electrons. The minimum Gasteiger partial charge on any atom is -0.394 e. The first kappa shape index (κ1) is 12.0. The highest BCUT2D eigenvalue weighted by molar-refractivity contribution is 5.77. The standard InChI is InChI=1S/C15H24N2O2/c18-8-13-7-17(14(19)16-13)9-15-4-10-1-11(5-15)3-12(2-10)6-15/h10-13,18H,1-9H2,(H,16,19)/t10?,11?,12?,13-,15?/m0/s1. The van der Waals surface area contributed by atoms with E-state index in [1.807, 2.05) is 4.90 Å². The van der Waals surface area contributed by atoms with Gasteiger partial charge in [0, 0.05) is 13.1 Å². The van der Waals surface area contributed by atoms with Crippen LogP contribution in [-0.2, 0) is 0 Å². The SMILES string of the molecule is O=C1N[C@H](CO)CN1CC12CC3CC(CC(C3)C1)C2. The van der Waals surface area contributed by atoms with Crippen LogP contribution in [0.1, 0.15) is 38.5 Å². The van der Waals surface area contributed by atoms with Gasteiger partial charge in [-0.05, 0) is 61.7 Å². The first-order valence-electron chi connectivity index (χ1n) is 7.82. The summed E-state index contributed by atoms with van der Waals surface area (Å²) in [5.41, 5.74) is 0.413. The molecule has 2 N–H and O–H groups in total. The zero-order valence-corrected chi connectivity index (χ0v) is 11.5. The van der Waals surface area contributed by atoms with E-state index in [4.69, 9.17) is 0 Å². The van der Waals surface area contributed by atoms with Crippen LogP contribution in [0.2, 0.25) is 0 Å². The molecule has 0 aromatic rings. The lowest BCUT2D eigenvalue weighted by Crippen LogP contribution is -2.51. The molecule has 0 unspecified atom stereocenters. The number of carbonyl (C=O) groups is 1. The fourth-order valence-electron chi connectivity index (χ4n) is 5.79. The summed E-state index contributed by atoms with van der Waals surface area (Å²) in [5, 5.41) is 12.1. The van der Waals surface area contributed by atoms with E-state index in [9.17, 15) is 9.90 Å². The van der Waals surface area contributed by atoms with Crippen LogP contribution in [-0.4, -0.2) is 41.8 Å². The maximum atomic E-state index is 12.0. The Morgan fingerprint density at radius 2 is 1.74 bits per heavy atom. The van der Waals surface area contributed by atoms with E-state index in [1.165, 1.54) is 38.5 Å². The van der Waals surface area contributed by atoms with Gasteiger partial charge in [0.2, 0.25) is 0 Å². The summed E-state index contributed by atoms with van der Waals surface area (Å²) in [4.78, 5) is 13.9. The Kier molecular flexibility index (Phi) is 2.60. The Labute approximate surface area is 114 Å². The Morgan fingerprint density at radius 3 is 2.21 bits per heavy atom. The number of rotatable bonds is 3. The molecule has 1 saturated heterocycles. The second-order valence-electron chi connectivity index (χ2n) is 7.63. The lowest BCUT2D eigenvalue weighted by atomic mass is 9.49. The summed E-state index contributed by atoms with van der Waals surface area (Å²) in [6.07, 6.45) is 8.37. The van der Waals surface area contributed by atoms with Crippen LogP contribution >= 0.6 is 0 Å². The van der Waals surface area contributed by atoms with Crippen LogP contribution in [0.3, 0.4) is 0 Å². The van der Waals surface area contributed by atoms with Gasteiger partial charge in [-0.3, -0.25) is 0 Å². The predicted molar refractivity (Wildman–Crippen MR) is 71.6 cm³/mol. The highest BCUT2D eigenvalue weighted by Gasteiger charge is 2.52. The number of aliphatic hydroxyl groups is 1. The molecular formula is C15H24N2O2. The molecule has 19 heavy (non-hydrogen) atoms. The molecule has 0 aromatic heterocycles. The van der Waals surface area contributed by atoms with Gasteiger partial charge in [0.25, 0.3) is 0 Å². The average Bonchev–Trinajstić information content (AvgIpc) is 2.67. The van der Waals surface area contributed by atoms with Crippen LogP contribution < -0.4 is 5.32 Å².